The Hall–Kier alpha value is -1.44. The van der Waals surface area contributed by atoms with Crippen LogP contribution in [0.3, 0.4) is 0 Å². The molecule has 0 radical (unpaired) electrons. The van der Waals surface area contributed by atoms with Crippen LogP contribution in [0.5, 0.6) is 0 Å². The quantitative estimate of drug-likeness (QED) is 0.649. The van der Waals surface area contributed by atoms with E-state index in [1.54, 1.807) is 12.5 Å². The van der Waals surface area contributed by atoms with E-state index in [1.165, 1.54) is 5.57 Å². The third kappa shape index (κ3) is 1.95. The normalized spacial score (nSPS) is 44.2. The highest BCUT2D eigenvalue weighted by atomic mass is 16.1. The largest absolute Gasteiger partial charge is 0.300 e. The molecule has 0 saturated heterocycles. The lowest BCUT2D eigenvalue weighted by atomic mass is 9.50. The Labute approximate surface area is 145 Å². The zero-order chi connectivity index (χ0) is 17.3. The summed E-state index contributed by atoms with van der Waals surface area (Å²) >= 11 is 0. The van der Waals surface area contributed by atoms with Gasteiger partial charge in [0.25, 0.3) is 0 Å². The highest BCUT2D eigenvalue weighted by Gasteiger charge is 2.57. The molecule has 0 bridgehead atoms. The van der Waals surface area contributed by atoms with Gasteiger partial charge in [0.05, 0.1) is 0 Å². The van der Waals surface area contributed by atoms with Gasteiger partial charge >= 0.3 is 0 Å². The fraction of sp³-hybridized carbons (Fsp3) is 0.636. The molecule has 0 heterocycles. The van der Waals surface area contributed by atoms with E-state index < -0.39 is 0 Å². The van der Waals surface area contributed by atoms with E-state index in [0.717, 1.165) is 37.7 Å². The summed E-state index contributed by atoms with van der Waals surface area (Å²) in [5.41, 5.74) is 3.99. The number of fused-ring (bicyclic) bond motifs is 5. The van der Waals surface area contributed by atoms with Gasteiger partial charge in [0, 0.05) is 17.8 Å². The summed E-state index contributed by atoms with van der Waals surface area (Å²) in [5, 5.41) is 0. The molecule has 2 unspecified atom stereocenters. The monoisotopic (exact) mass is 324 g/mol. The highest BCUT2D eigenvalue weighted by molar-refractivity contribution is 5.93. The lowest BCUT2D eigenvalue weighted by Crippen LogP contribution is -2.45. The van der Waals surface area contributed by atoms with Crippen molar-refractivity contribution in [1.29, 1.82) is 0 Å². The Balaban J connectivity index is 1.79. The lowest BCUT2D eigenvalue weighted by Gasteiger charge is -2.53. The predicted octanol–water partition coefficient (Wildman–Crippen LogP) is 4.81. The van der Waals surface area contributed by atoms with Gasteiger partial charge in [-0.3, -0.25) is 9.59 Å². The molecule has 0 aliphatic heterocycles. The first-order valence-corrected chi connectivity index (χ1v) is 9.41. The van der Waals surface area contributed by atoms with Crippen LogP contribution >= 0.6 is 0 Å². The zero-order valence-electron chi connectivity index (χ0n) is 15.2. The topological polar surface area (TPSA) is 34.1 Å². The summed E-state index contributed by atoms with van der Waals surface area (Å²) in [6, 6.07) is 0. The van der Waals surface area contributed by atoms with Crippen molar-refractivity contribution in [3.63, 3.8) is 0 Å². The third-order valence-electron chi connectivity index (χ3n) is 7.80. The molecule has 0 N–H and O–H groups in total. The number of rotatable bonds is 1. The second-order valence-corrected chi connectivity index (χ2v) is 8.99. The summed E-state index contributed by atoms with van der Waals surface area (Å²) in [5.74, 6) is 1.92. The van der Waals surface area contributed by atoms with Gasteiger partial charge in [-0.05, 0) is 67.9 Å². The molecule has 2 nitrogen and oxygen atoms in total. The molecule has 4 aliphatic rings. The molecule has 2 heteroatoms. The Morgan fingerprint density at radius 1 is 1.29 bits per heavy atom. The third-order valence-corrected chi connectivity index (χ3v) is 7.80. The van der Waals surface area contributed by atoms with Crippen LogP contribution in [0.2, 0.25) is 0 Å². The van der Waals surface area contributed by atoms with Gasteiger partial charge in [0.1, 0.15) is 5.78 Å². The molecule has 2 saturated carbocycles. The Bertz CT molecular complexity index is 709. The van der Waals surface area contributed by atoms with Crippen molar-refractivity contribution in [3.8, 4) is 0 Å². The van der Waals surface area contributed by atoms with Crippen molar-refractivity contribution in [1.82, 2.24) is 0 Å². The summed E-state index contributed by atoms with van der Waals surface area (Å²) in [4.78, 5) is 24.1. The minimum Gasteiger partial charge on any atom is -0.300 e. The summed E-state index contributed by atoms with van der Waals surface area (Å²) in [6.45, 7) is 10.8. The number of hydrogen-bond donors (Lipinski definition) is 0. The smallest absolute Gasteiger partial charge is 0.156 e. The van der Waals surface area contributed by atoms with Crippen LogP contribution in [-0.2, 0) is 9.59 Å². The van der Waals surface area contributed by atoms with E-state index in [4.69, 9.17) is 0 Å². The number of hydrogen-bond acceptors (Lipinski definition) is 2. The molecule has 2 fully saturated rings. The molecule has 0 spiro atoms. The van der Waals surface area contributed by atoms with Crippen molar-refractivity contribution < 1.29 is 9.59 Å². The molecule has 5 atom stereocenters. The molecule has 4 rings (SSSR count). The van der Waals surface area contributed by atoms with Crippen molar-refractivity contribution in [3.05, 3.63) is 35.5 Å². The van der Waals surface area contributed by atoms with Gasteiger partial charge in [0.2, 0.25) is 0 Å². The van der Waals surface area contributed by atoms with Gasteiger partial charge in [0.15, 0.2) is 5.78 Å². The average molecular weight is 324 g/mol. The summed E-state index contributed by atoms with van der Waals surface area (Å²) in [7, 11) is 0. The Morgan fingerprint density at radius 3 is 2.75 bits per heavy atom. The standard InChI is InChI=1S/C22H28O2/c1-13-11-16-18-6-5-17(14(2)23)21(18,3)10-8-19(16)22(4)9-7-15(24)12-20(13)22/h8,12,16-18H,1,5-7,9-11H2,2-4H3/t16?,17-,18?,21-,22-/m1/s1. The minimum absolute atomic E-state index is 0.0104. The van der Waals surface area contributed by atoms with E-state index in [2.05, 4.69) is 26.5 Å². The summed E-state index contributed by atoms with van der Waals surface area (Å²) < 4.78 is 0. The second kappa shape index (κ2) is 5.03. The second-order valence-electron chi connectivity index (χ2n) is 8.99. The van der Waals surface area contributed by atoms with Crippen LogP contribution in [0.1, 0.15) is 59.3 Å². The van der Waals surface area contributed by atoms with Crippen molar-refractivity contribution in [2.24, 2.45) is 28.6 Å². The lowest BCUT2D eigenvalue weighted by molar-refractivity contribution is -0.124. The number of Topliss-reactive ketones (excluding diaryl/α,β-unsaturated/α-hetero) is 1. The van der Waals surface area contributed by atoms with Crippen LogP contribution in [-0.4, -0.2) is 11.6 Å². The van der Waals surface area contributed by atoms with Crippen LogP contribution in [0.25, 0.3) is 0 Å². The molecule has 128 valence electrons. The molecular weight excluding hydrogens is 296 g/mol. The highest BCUT2D eigenvalue weighted by Crippen LogP contribution is 2.65. The molecule has 0 aromatic heterocycles. The van der Waals surface area contributed by atoms with Gasteiger partial charge in [-0.25, -0.2) is 0 Å². The molecule has 24 heavy (non-hydrogen) atoms. The fourth-order valence-corrected chi connectivity index (χ4v) is 6.54. The maximum Gasteiger partial charge on any atom is 0.156 e. The fourth-order valence-electron chi connectivity index (χ4n) is 6.54. The first kappa shape index (κ1) is 16.1. The molecular formula is C22H28O2. The van der Waals surface area contributed by atoms with Gasteiger partial charge in [-0.15, -0.1) is 0 Å². The van der Waals surface area contributed by atoms with E-state index in [-0.39, 0.29) is 22.5 Å². The molecule has 0 aromatic carbocycles. The van der Waals surface area contributed by atoms with Crippen molar-refractivity contribution in [2.75, 3.05) is 0 Å². The predicted molar refractivity (Wildman–Crippen MR) is 95.4 cm³/mol. The Morgan fingerprint density at radius 2 is 2.04 bits per heavy atom. The zero-order valence-corrected chi connectivity index (χ0v) is 15.2. The van der Waals surface area contributed by atoms with Crippen molar-refractivity contribution in [2.45, 2.75) is 59.3 Å². The number of carbonyl (C=O) groups excluding carboxylic acids is 2. The first-order valence-electron chi connectivity index (χ1n) is 9.41. The van der Waals surface area contributed by atoms with Crippen LogP contribution in [0.4, 0.5) is 0 Å². The maximum absolute atomic E-state index is 12.2. The maximum atomic E-state index is 12.2. The van der Waals surface area contributed by atoms with E-state index in [9.17, 15) is 9.59 Å². The van der Waals surface area contributed by atoms with Crippen molar-refractivity contribution >= 4 is 11.6 Å². The number of carbonyl (C=O) groups is 2. The van der Waals surface area contributed by atoms with Crippen LogP contribution < -0.4 is 0 Å². The number of ketones is 2. The SMILES string of the molecule is C=C1CC2C(=CC[C@@]3(C)C2CC[C@@H]3C(C)=O)[C@@]2(C)CCC(=O)C=C12. The van der Waals surface area contributed by atoms with Gasteiger partial charge in [-0.2, -0.15) is 0 Å². The van der Waals surface area contributed by atoms with E-state index in [0.29, 0.717) is 24.0 Å². The molecule has 0 amide bonds. The number of allylic oxidation sites excluding steroid dienone is 5. The Kier molecular flexibility index (Phi) is 3.37. The van der Waals surface area contributed by atoms with Gasteiger partial charge in [-0.1, -0.05) is 37.6 Å². The average Bonchev–Trinajstić information content (AvgIpc) is 2.87. The molecule has 4 aliphatic carbocycles. The van der Waals surface area contributed by atoms with E-state index >= 15 is 0 Å². The van der Waals surface area contributed by atoms with Crippen LogP contribution in [0.15, 0.2) is 35.5 Å². The molecule has 0 aromatic rings. The van der Waals surface area contributed by atoms with Gasteiger partial charge < -0.3 is 0 Å². The van der Waals surface area contributed by atoms with Crippen LogP contribution in [0, 0.1) is 28.6 Å². The minimum atomic E-state index is -0.0104. The first-order chi connectivity index (χ1) is 11.3. The summed E-state index contributed by atoms with van der Waals surface area (Å²) in [6.07, 6.45) is 10.0. The van der Waals surface area contributed by atoms with E-state index in [1.807, 2.05) is 6.08 Å².